The quantitative estimate of drug-likeness (QED) is 0.532. The lowest BCUT2D eigenvalue weighted by molar-refractivity contribution is -0.121. The average molecular weight is 368 g/mol. The molecule has 28 heavy (non-hydrogen) atoms. The molecule has 138 valence electrons. The van der Waals surface area contributed by atoms with Gasteiger partial charge in [0, 0.05) is 18.3 Å². The summed E-state index contributed by atoms with van der Waals surface area (Å²) >= 11 is 0. The van der Waals surface area contributed by atoms with E-state index in [-0.39, 0.29) is 11.8 Å². The Kier molecular flexibility index (Phi) is 5.29. The first kappa shape index (κ1) is 17.7. The Hall–Kier alpha value is -3.66. The molecule has 0 aliphatic carbocycles. The van der Waals surface area contributed by atoms with E-state index in [1.54, 1.807) is 12.5 Å². The standard InChI is InChI=1S/C24H20N2O2/c27-24(22(18-9-3-1-4-10-18)19-11-5-2-6-12-19)26-17-20-13-7-15-25-23(20)21-14-8-16-28-21/h1-16,22H,17H2,(H,26,27). The predicted molar refractivity (Wildman–Crippen MR) is 109 cm³/mol. The normalized spacial score (nSPS) is 10.8. The third kappa shape index (κ3) is 3.86. The Labute approximate surface area is 163 Å². The highest BCUT2D eigenvalue weighted by molar-refractivity contribution is 5.87. The van der Waals surface area contributed by atoms with Crippen molar-refractivity contribution in [3.8, 4) is 11.5 Å². The molecule has 0 saturated heterocycles. The topological polar surface area (TPSA) is 55.1 Å². The van der Waals surface area contributed by atoms with Crippen molar-refractivity contribution in [2.75, 3.05) is 0 Å². The molecule has 4 aromatic rings. The maximum Gasteiger partial charge on any atom is 0.232 e. The molecule has 0 unspecified atom stereocenters. The van der Waals surface area contributed by atoms with E-state index in [2.05, 4.69) is 10.3 Å². The molecule has 0 bridgehead atoms. The number of hydrogen-bond acceptors (Lipinski definition) is 3. The summed E-state index contributed by atoms with van der Waals surface area (Å²) in [7, 11) is 0. The van der Waals surface area contributed by atoms with Crippen molar-refractivity contribution in [1.29, 1.82) is 0 Å². The summed E-state index contributed by atoms with van der Waals surface area (Å²) < 4.78 is 5.48. The number of hydrogen-bond donors (Lipinski definition) is 1. The molecule has 1 amide bonds. The van der Waals surface area contributed by atoms with E-state index in [9.17, 15) is 4.79 Å². The highest BCUT2D eigenvalue weighted by atomic mass is 16.3. The third-order valence-corrected chi connectivity index (χ3v) is 4.63. The number of carbonyl (C=O) groups excluding carboxylic acids is 1. The SMILES string of the molecule is O=C(NCc1cccnc1-c1ccco1)C(c1ccccc1)c1ccccc1. The molecule has 0 atom stereocenters. The van der Waals surface area contributed by atoms with Crippen LogP contribution in [0.3, 0.4) is 0 Å². The molecule has 2 aromatic heterocycles. The van der Waals surface area contributed by atoms with Crippen LogP contribution in [-0.2, 0) is 11.3 Å². The van der Waals surface area contributed by atoms with Gasteiger partial charge in [-0.2, -0.15) is 0 Å². The number of benzene rings is 2. The van der Waals surface area contributed by atoms with E-state index in [1.807, 2.05) is 84.9 Å². The van der Waals surface area contributed by atoms with Crippen molar-refractivity contribution in [3.63, 3.8) is 0 Å². The maximum atomic E-state index is 13.2. The molecule has 0 fully saturated rings. The fourth-order valence-electron chi connectivity index (χ4n) is 3.29. The van der Waals surface area contributed by atoms with Gasteiger partial charge < -0.3 is 9.73 Å². The van der Waals surface area contributed by atoms with E-state index >= 15 is 0 Å². The van der Waals surface area contributed by atoms with Crippen LogP contribution in [0.1, 0.15) is 22.6 Å². The number of nitrogens with zero attached hydrogens (tertiary/aromatic N) is 1. The number of aromatic nitrogens is 1. The van der Waals surface area contributed by atoms with Crippen molar-refractivity contribution in [1.82, 2.24) is 10.3 Å². The molecule has 2 aromatic carbocycles. The van der Waals surface area contributed by atoms with E-state index < -0.39 is 0 Å². The first-order valence-electron chi connectivity index (χ1n) is 9.18. The minimum absolute atomic E-state index is 0.0494. The third-order valence-electron chi connectivity index (χ3n) is 4.63. The molecule has 4 nitrogen and oxygen atoms in total. The lowest BCUT2D eigenvalue weighted by atomic mass is 9.90. The highest BCUT2D eigenvalue weighted by Gasteiger charge is 2.22. The average Bonchev–Trinajstić information content (AvgIpc) is 3.29. The lowest BCUT2D eigenvalue weighted by Crippen LogP contribution is -2.29. The zero-order valence-corrected chi connectivity index (χ0v) is 15.3. The Morgan fingerprint density at radius 3 is 2.14 bits per heavy atom. The van der Waals surface area contributed by atoms with Crippen molar-refractivity contribution >= 4 is 5.91 Å². The minimum Gasteiger partial charge on any atom is -0.463 e. The summed E-state index contributed by atoms with van der Waals surface area (Å²) in [5.41, 5.74) is 3.57. The van der Waals surface area contributed by atoms with Gasteiger partial charge in [-0.3, -0.25) is 9.78 Å². The van der Waals surface area contributed by atoms with E-state index in [1.165, 1.54) is 0 Å². The van der Waals surface area contributed by atoms with Gasteiger partial charge in [-0.1, -0.05) is 66.7 Å². The van der Waals surface area contributed by atoms with Crippen LogP contribution in [0.2, 0.25) is 0 Å². The number of carbonyl (C=O) groups is 1. The van der Waals surface area contributed by atoms with Gasteiger partial charge in [-0.15, -0.1) is 0 Å². The number of amides is 1. The zero-order chi connectivity index (χ0) is 19.2. The molecule has 4 rings (SSSR count). The molecular formula is C24H20N2O2. The zero-order valence-electron chi connectivity index (χ0n) is 15.3. The first-order valence-corrected chi connectivity index (χ1v) is 9.18. The number of pyridine rings is 1. The summed E-state index contributed by atoms with van der Waals surface area (Å²) in [6.07, 6.45) is 3.34. The fraction of sp³-hybridized carbons (Fsp3) is 0.0833. The van der Waals surface area contributed by atoms with Crippen LogP contribution in [0.25, 0.3) is 11.5 Å². The highest BCUT2D eigenvalue weighted by Crippen LogP contribution is 2.26. The second-order valence-electron chi connectivity index (χ2n) is 6.46. The number of nitrogens with one attached hydrogen (secondary N) is 1. The molecule has 2 heterocycles. The van der Waals surface area contributed by atoms with E-state index in [0.717, 1.165) is 22.4 Å². The lowest BCUT2D eigenvalue weighted by Gasteiger charge is -2.18. The Bertz CT molecular complexity index is 989. The van der Waals surface area contributed by atoms with Crippen LogP contribution in [-0.4, -0.2) is 10.9 Å². The first-order chi connectivity index (χ1) is 13.8. The van der Waals surface area contributed by atoms with Gasteiger partial charge in [0.15, 0.2) is 5.76 Å². The monoisotopic (exact) mass is 368 g/mol. The Balaban J connectivity index is 1.58. The smallest absolute Gasteiger partial charge is 0.232 e. The Morgan fingerprint density at radius 2 is 1.54 bits per heavy atom. The van der Waals surface area contributed by atoms with Crippen molar-refractivity contribution in [2.24, 2.45) is 0 Å². The van der Waals surface area contributed by atoms with Gasteiger partial charge in [-0.05, 0) is 29.3 Å². The van der Waals surface area contributed by atoms with E-state index in [4.69, 9.17) is 4.42 Å². The molecule has 0 spiro atoms. The van der Waals surface area contributed by atoms with Crippen molar-refractivity contribution in [3.05, 3.63) is 114 Å². The van der Waals surface area contributed by atoms with Gasteiger partial charge in [-0.25, -0.2) is 0 Å². The molecule has 4 heteroatoms. The number of rotatable bonds is 6. The van der Waals surface area contributed by atoms with Crippen LogP contribution in [0.5, 0.6) is 0 Å². The summed E-state index contributed by atoms with van der Waals surface area (Å²) in [5, 5.41) is 3.08. The van der Waals surface area contributed by atoms with Crippen LogP contribution >= 0.6 is 0 Å². The van der Waals surface area contributed by atoms with Crippen LogP contribution in [0.4, 0.5) is 0 Å². The van der Waals surface area contributed by atoms with Gasteiger partial charge >= 0.3 is 0 Å². The largest absolute Gasteiger partial charge is 0.463 e. The molecule has 0 aliphatic rings. The summed E-state index contributed by atoms with van der Waals surface area (Å²) in [6.45, 7) is 0.374. The maximum absolute atomic E-state index is 13.2. The number of furan rings is 1. The Morgan fingerprint density at radius 1 is 0.857 bits per heavy atom. The molecule has 0 aliphatic heterocycles. The van der Waals surface area contributed by atoms with Crippen molar-refractivity contribution in [2.45, 2.75) is 12.5 Å². The fourth-order valence-corrected chi connectivity index (χ4v) is 3.29. The second-order valence-corrected chi connectivity index (χ2v) is 6.46. The second kappa shape index (κ2) is 8.35. The van der Waals surface area contributed by atoms with E-state index in [0.29, 0.717) is 12.3 Å². The molecule has 0 saturated carbocycles. The minimum atomic E-state index is -0.369. The van der Waals surface area contributed by atoms with Gasteiger partial charge in [0.05, 0.1) is 12.2 Å². The van der Waals surface area contributed by atoms with Crippen LogP contribution < -0.4 is 5.32 Å². The summed E-state index contributed by atoms with van der Waals surface area (Å²) in [5.74, 6) is 0.269. The van der Waals surface area contributed by atoms with Crippen molar-refractivity contribution < 1.29 is 9.21 Å². The van der Waals surface area contributed by atoms with Gasteiger partial charge in [0.25, 0.3) is 0 Å². The predicted octanol–water partition coefficient (Wildman–Crippen LogP) is 4.79. The molecule has 1 N–H and O–H groups in total. The molecular weight excluding hydrogens is 348 g/mol. The molecule has 0 radical (unpaired) electrons. The van der Waals surface area contributed by atoms with Gasteiger partial charge in [0.2, 0.25) is 5.91 Å². The van der Waals surface area contributed by atoms with Crippen LogP contribution in [0.15, 0.2) is 102 Å². The summed E-state index contributed by atoms with van der Waals surface area (Å²) in [4.78, 5) is 17.6. The van der Waals surface area contributed by atoms with Crippen LogP contribution in [0, 0.1) is 0 Å². The van der Waals surface area contributed by atoms with Gasteiger partial charge in [0.1, 0.15) is 5.69 Å². The summed E-state index contributed by atoms with van der Waals surface area (Å²) in [6, 6.07) is 27.1.